The summed E-state index contributed by atoms with van der Waals surface area (Å²) < 4.78 is 28.0. The van der Waals surface area contributed by atoms with Gasteiger partial charge >= 0.3 is 0 Å². The summed E-state index contributed by atoms with van der Waals surface area (Å²) in [5, 5.41) is 8.81. The van der Waals surface area contributed by atoms with E-state index < -0.39 is 11.6 Å². The molecule has 0 spiro atoms. The van der Waals surface area contributed by atoms with Crippen molar-refractivity contribution in [2.75, 3.05) is 0 Å². The third kappa shape index (κ3) is 2.19. The Labute approximate surface area is 104 Å². The molecule has 18 heavy (non-hydrogen) atoms. The molecule has 0 bridgehead atoms. The van der Waals surface area contributed by atoms with Crippen LogP contribution in [0.4, 0.5) is 8.78 Å². The smallest absolute Gasteiger partial charge is 0.161 e. The number of aromatic nitrogens is 2. The van der Waals surface area contributed by atoms with Gasteiger partial charge < -0.3 is 4.57 Å². The maximum atomic E-state index is 13.2. The van der Waals surface area contributed by atoms with Crippen LogP contribution in [-0.4, -0.2) is 9.55 Å². The topological polar surface area (TPSA) is 41.6 Å². The number of rotatable bonds is 3. The average molecular weight is 249 g/mol. The Morgan fingerprint density at radius 1 is 1.33 bits per heavy atom. The fraction of sp³-hybridized carbons (Fsp3) is 0.385. The van der Waals surface area contributed by atoms with Gasteiger partial charge in [-0.2, -0.15) is 5.26 Å². The average Bonchev–Trinajstić information content (AvgIpc) is 2.58. The number of fused-ring (bicyclic) bond motifs is 1. The van der Waals surface area contributed by atoms with Gasteiger partial charge in [0.2, 0.25) is 0 Å². The van der Waals surface area contributed by atoms with E-state index in [1.807, 2.05) is 19.9 Å². The lowest BCUT2D eigenvalue weighted by Gasteiger charge is -2.06. The molecule has 0 aliphatic heterocycles. The minimum atomic E-state index is -0.919. The van der Waals surface area contributed by atoms with Gasteiger partial charge in [0.1, 0.15) is 12.4 Å². The zero-order chi connectivity index (χ0) is 13.3. The number of halogens is 2. The van der Waals surface area contributed by atoms with E-state index in [0.29, 0.717) is 29.2 Å². The van der Waals surface area contributed by atoms with Crippen LogP contribution in [0.15, 0.2) is 12.1 Å². The Bertz CT molecular complexity index is 623. The quantitative estimate of drug-likeness (QED) is 0.839. The second-order valence-electron chi connectivity index (χ2n) is 4.63. The first-order valence-electron chi connectivity index (χ1n) is 5.74. The number of hydrogen-bond donors (Lipinski definition) is 0. The van der Waals surface area contributed by atoms with Crippen molar-refractivity contribution in [3.63, 3.8) is 0 Å². The van der Waals surface area contributed by atoms with Crippen molar-refractivity contribution in [3.8, 4) is 6.07 Å². The molecule has 1 aromatic heterocycles. The van der Waals surface area contributed by atoms with Crippen LogP contribution in [0.2, 0.25) is 0 Å². The molecule has 1 aromatic carbocycles. The van der Waals surface area contributed by atoms with Gasteiger partial charge in [-0.1, -0.05) is 13.8 Å². The van der Waals surface area contributed by atoms with Crippen molar-refractivity contribution < 1.29 is 8.78 Å². The SMILES string of the molecule is CC(C)Cc1nc2cc(F)c(F)cc2n1CC#N. The lowest BCUT2D eigenvalue weighted by Crippen LogP contribution is -2.06. The van der Waals surface area contributed by atoms with Gasteiger partial charge in [-0.15, -0.1) is 0 Å². The monoisotopic (exact) mass is 249 g/mol. The van der Waals surface area contributed by atoms with E-state index in [4.69, 9.17) is 5.26 Å². The zero-order valence-electron chi connectivity index (χ0n) is 10.2. The third-order valence-electron chi connectivity index (χ3n) is 2.69. The van der Waals surface area contributed by atoms with Crippen molar-refractivity contribution in [2.24, 2.45) is 5.92 Å². The van der Waals surface area contributed by atoms with Crippen molar-refractivity contribution in [3.05, 3.63) is 29.6 Å². The standard InChI is InChI=1S/C13H13F2N3/c1-8(2)5-13-17-11-6-9(14)10(15)7-12(11)18(13)4-3-16/h6-8H,4-5H2,1-2H3. The number of benzene rings is 1. The molecule has 94 valence electrons. The number of hydrogen-bond acceptors (Lipinski definition) is 2. The maximum Gasteiger partial charge on any atom is 0.161 e. The van der Waals surface area contributed by atoms with Crippen LogP contribution in [0, 0.1) is 28.9 Å². The highest BCUT2D eigenvalue weighted by Gasteiger charge is 2.14. The molecule has 0 unspecified atom stereocenters. The Morgan fingerprint density at radius 3 is 2.61 bits per heavy atom. The predicted octanol–water partition coefficient (Wildman–Crippen LogP) is 3.04. The van der Waals surface area contributed by atoms with Crippen LogP contribution in [0.5, 0.6) is 0 Å². The molecule has 2 rings (SSSR count). The fourth-order valence-corrected chi connectivity index (χ4v) is 1.94. The normalized spacial score (nSPS) is 11.1. The van der Waals surface area contributed by atoms with Crippen LogP contribution >= 0.6 is 0 Å². The van der Waals surface area contributed by atoms with Crippen LogP contribution in [0.1, 0.15) is 19.7 Å². The van der Waals surface area contributed by atoms with Gasteiger partial charge in [0.05, 0.1) is 17.1 Å². The van der Waals surface area contributed by atoms with Gasteiger partial charge in [-0.05, 0) is 5.92 Å². The highest BCUT2D eigenvalue weighted by atomic mass is 19.2. The third-order valence-corrected chi connectivity index (χ3v) is 2.69. The minimum Gasteiger partial charge on any atom is -0.314 e. The van der Waals surface area contributed by atoms with Crippen LogP contribution in [0.3, 0.4) is 0 Å². The molecule has 0 aliphatic rings. The summed E-state index contributed by atoms with van der Waals surface area (Å²) in [6, 6.07) is 4.18. The van der Waals surface area contributed by atoms with Crippen molar-refractivity contribution in [2.45, 2.75) is 26.8 Å². The molecule has 0 saturated heterocycles. The Balaban J connectivity index is 2.64. The molecule has 0 atom stereocenters. The van der Waals surface area contributed by atoms with E-state index in [1.54, 1.807) is 4.57 Å². The largest absolute Gasteiger partial charge is 0.314 e. The molecule has 0 saturated carbocycles. The molecule has 5 heteroatoms. The first-order valence-corrected chi connectivity index (χ1v) is 5.74. The molecule has 0 aliphatic carbocycles. The van der Waals surface area contributed by atoms with E-state index in [1.165, 1.54) is 0 Å². The highest BCUT2D eigenvalue weighted by Crippen LogP contribution is 2.21. The molecular formula is C13H13F2N3. The lowest BCUT2D eigenvalue weighted by molar-refractivity contribution is 0.510. The molecular weight excluding hydrogens is 236 g/mol. The van der Waals surface area contributed by atoms with E-state index in [0.717, 1.165) is 12.1 Å². The summed E-state index contributed by atoms with van der Waals surface area (Å²) in [4.78, 5) is 4.28. The van der Waals surface area contributed by atoms with Crippen LogP contribution < -0.4 is 0 Å². The van der Waals surface area contributed by atoms with E-state index >= 15 is 0 Å². The lowest BCUT2D eigenvalue weighted by atomic mass is 10.1. The van der Waals surface area contributed by atoms with Gasteiger partial charge in [0.25, 0.3) is 0 Å². The zero-order valence-corrected chi connectivity index (χ0v) is 10.2. The highest BCUT2D eigenvalue weighted by molar-refractivity contribution is 5.76. The number of nitrogens with zero attached hydrogens (tertiary/aromatic N) is 3. The predicted molar refractivity (Wildman–Crippen MR) is 63.8 cm³/mol. The Morgan fingerprint density at radius 2 is 2.00 bits per heavy atom. The molecule has 0 radical (unpaired) electrons. The number of nitriles is 1. The minimum absolute atomic E-state index is 0.0869. The molecule has 0 N–H and O–H groups in total. The second-order valence-corrected chi connectivity index (χ2v) is 4.63. The Hall–Kier alpha value is -1.96. The maximum absolute atomic E-state index is 13.2. The van der Waals surface area contributed by atoms with E-state index in [9.17, 15) is 8.78 Å². The number of imidazole rings is 1. The summed E-state index contributed by atoms with van der Waals surface area (Å²) in [5.41, 5.74) is 0.853. The Kier molecular flexibility index (Phi) is 3.28. The van der Waals surface area contributed by atoms with Gasteiger partial charge in [-0.25, -0.2) is 13.8 Å². The van der Waals surface area contributed by atoms with Crippen molar-refractivity contribution >= 4 is 11.0 Å². The van der Waals surface area contributed by atoms with E-state index in [2.05, 4.69) is 4.98 Å². The van der Waals surface area contributed by atoms with Crippen LogP contribution in [0.25, 0.3) is 11.0 Å². The second kappa shape index (κ2) is 4.73. The summed E-state index contributed by atoms with van der Waals surface area (Å²) in [7, 11) is 0. The first-order chi connectivity index (χ1) is 8.52. The summed E-state index contributed by atoms with van der Waals surface area (Å²) >= 11 is 0. The molecule has 3 nitrogen and oxygen atoms in total. The fourth-order valence-electron chi connectivity index (χ4n) is 1.94. The summed E-state index contributed by atoms with van der Waals surface area (Å²) in [6.07, 6.45) is 0.666. The summed E-state index contributed by atoms with van der Waals surface area (Å²) in [6.45, 7) is 4.14. The summed E-state index contributed by atoms with van der Waals surface area (Å²) in [5.74, 6) is -0.793. The van der Waals surface area contributed by atoms with Crippen molar-refractivity contribution in [1.29, 1.82) is 5.26 Å². The van der Waals surface area contributed by atoms with Crippen LogP contribution in [-0.2, 0) is 13.0 Å². The molecule has 0 amide bonds. The van der Waals surface area contributed by atoms with Gasteiger partial charge in [0, 0.05) is 18.6 Å². The molecule has 0 fully saturated rings. The van der Waals surface area contributed by atoms with Gasteiger partial charge in [0.15, 0.2) is 11.6 Å². The van der Waals surface area contributed by atoms with Gasteiger partial charge in [-0.3, -0.25) is 0 Å². The van der Waals surface area contributed by atoms with E-state index in [-0.39, 0.29) is 6.54 Å². The van der Waals surface area contributed by atoms with Crippen molar-refractivity contribution in [1.82, 2.24) is 9.55 Å². The molecule has 1 heterocycles. The molecule has 2 aromatic rings. The first kappa shape index (κ1) is 12.5.